The second-order valence-electron chi connectivity index (χ2n) is 6.54. The molecule has 122 valence electrons. The van der Waals surface area contributed by atoms with Crippen molar-refractivity contribution >= 4 is 22.6 Å². The van der Waals surface area contributed by atoms with Crippen molar-refractivity contribution in [2.24, 2.45) is 0 Å². The smallest absolute Gasteiger partial charge is 0.228 e. The highest BCUT2D eigenvalue weighted by atomic mass is 16.3. The first-order chi connectivity index (χ1) is 11.6. The third kappa shape index (κ3) is 2.58. The Labute approximate surface area is 140 Å². The Morgan fingerprint density at radius 3 is 2.83 bits per heavy atom. The van der Waals surface area contributed by atoms with Crippen molar-refractivity contribution < 1.29 is 9.21 Å². The van der Waals surface area contributed by atoms with E-state index >= 15 is 0 Å². The molecule has 1 aliphatic carbocycles. The average Bonchev–Trinajstić information content (AvgIpc) is 3.16. The van der Waals surface area contributed by atoms with Gasteiger partial charge in [-0.2, -0.15) is 0 Å². The summed E-state index contributed by atoms with van der Waals surface area (Å²) in [4.78, 5) is 16.7. The quantitative estimate of drug-likeness (QED) is 0.790. The van der Waals surface area contributed by atoms with Crippen molar-refractivity contribution in [3.05, 3.63) is 58.6 Å². The summed E-state index contributed by atoms with van der Waals surface area (Å²) >= 11 is 0. The number of fused-ring (bicyclic) bond motifs is 2. The first-order valence-electron chi connectivity index (χ1n) is 8.36. The Morgan fingerprint density at radius 2 is 2.04 bits per heavy atom. The molecule has 0 saturated heterocycles. The molecule has 1 N–H and O–H groups in total. The summed E-state index contributed by atoms with van der Waals surface area (Å²) in [5, 5.41) is 4.05. The summed E-state index contributed by atoms with van der Waals surface area (Å²) in [5.74, 6) is -0.0441. The van der Waals surface area contributed by atoms with Crippen molar-refractivity contribution in [2.75, 3.05) is 5.32 Å². The van der Waals surface area contributed by atoms with E-state index in [1.807, 2.05) is 19.9 Å². The molecule has 0 bridgehead atoms. The molecule has 3 aromatic rings. The minimum Gasteiger partial charge on any atom is -0.464 e. The van der Waals surface area contributed by atoms with Gasteiger partial charge in [-0.25, -0.2) is 0 Å². The second-order valence-corrected chi connectivity index (χ2v) is 6.54. The number of aromatic nitrogens is 1. The van der Waals surface area contributed by atoms with E-state index in [0.29, 0.717) is 6.42 Å². The van der Waals surface area contributed by atoms with Crippen LogP contribution in [0.3, 0.4) is 0 Å². The van der Waals surface area contributed by atoms with Gasteiger partial charge in [0, 0.05) is 17.1 Å². The van der Waals surface area contributed by atoms with Crippen LogP contribution in [0.5, 0.6) is 0 Å². The summed E-state index contributed by atoms with van der Waals surface area (Å²) in [6, 6.07) is 6.23. The topological polar surface area (TPSA) is 55.1 Å². The number of aryl methyl sites for hydroxylation is 4. The summed E-state index contributed by atoms with van der Waals surface area (Å²) in [6.45, 7) is 3.88. The van der Waals surface area contributed by atoms with Gasteiger partial charge in [-0.15, -0.1) is 0 Å². The van der Waals surface area contributed by atoms with Crippen LogP contribution in [-0.2, 0) is 24.1 Å². The van der Waals surface area contributed by atoms with E-state index in [2.05, 4.69) is 22.4 Å². The lowest BCUT2D eigenvalue weighted by molar-refractivity contribution is -0.115. The monoisotopic (exact) mass is 320 g/mol. The van der Waals surface area contributed by atoms with Gasteiger partial charge >= 0.3 is 0 Å². The molecule has 24 heavy (non-hydrogen) atoms. The molecule has 4 rings (SSSR count). The van der Waals surface area contributed by atoms with Crippen LogP contribution in [0.25, 0.3) is 11.0 Å². The van der Waals surface area contributed by atoms with E-state index in [-0.39, 0.29) is 5.91 Å². The van der Waals surface area contributed by atoms with E-state index in [1.54, 1.807) is 12.5 Å². The number of hydrogen-bond acceptors (Lipinski definition) is 3. The van der Waals surface area contributed by atoms with Crippen molar-refractivity contribution in [1.29, 1.82) is 0 Å². The number of anilines is 1. The fourth-order valence-electron chi connectivity index (χ4n) is 3.52. The lowest BCUT2D eigenvalue weighted by Gasteiger charge is -2.10. The number of amides is 1. The summed E-state index contributed by atoms with van der Waals surface area (Å²) in [5.41, 5.74) is 7.25. The summed E-state index contributed by atoms with van der Waals surface area (Å²) < 4.78 is 5.68. The number of benzene rings is 1. The average molecular weight is 320 g/mol. The van der Waals surface area contributed by atoms with Gasteiger partial charge < -0.3 is 9.73 Å². The standard InChI is InChI=1S/C20H20N2O2/c1-12-6-7-21-13(2)20(12)22-19(23)10-16-11-24-18-9-15-5-3-4-14(15)8-17(16)18/h6-9,11H,3-5,10H2,1-2H3,(H,22,23). The highest BCUT2D eigenvalue weighted by Crippen LogP contribution is 2.30. The number of nitrogens with zero attached hydrogens (tertiary/aromatic N) is 1. The molecule has 0 aliphatic heterocycles. The molecule has 1 aliphatic rings. The zero-order chi connectivity index (χ0) is 16.7. The first-order valence-corrected chi connectivity index (χ1v) is 8.36. The maximum absolute atomic E-state index is 12.5. The third-order valence-corrected chi connectivity index (χ3v) is 4.83. The van der Waals surface area contributed by atoms with Crippen molar-refractivity contribution in [3.63, 3.8) is 0 Å². The van der Waals surface area contributed by atoms with Crippen LogP contribution >= 0.6 is 0 Å². The molecule has 1 aromatic carbocycles. The number of hydrogen-bond donors (Lipinski definition) is 1. The van der Waals surface area contributed by atoms with Crippen LogP contribution in [0.15, 0.2) is 35.1 Å². The number of rotatable bonds is 3. The van der Waals surface area contributed by atoms with Crippen LogP contribution in [0.4, 0.5) is 5.69 Å². The van der Waals surface area contributed by atoms with Crippen LogP contribution in [-0.4, -0.2) is 10.9 Å². The Hall–Kier alpha value is -2.62. The van der Waals surface area contributed by atoms with E-state index in [0.717, 1.165) is 46.3 Å². The van der Waals surface area contributed by atoms with Gasteiger partial charge in [0.2, 0.25) is 5.91 Å². The predicted molar refractivity (Wildman–Crippen MR) is 94.3 cm³/mol. The van der Waals surface area contributed by atoms with Crippen LogP contribution in [0, 0.1) is 13.8 Å². The number of carbonyl (C=O) groups excluding carboxylic acids is 1. The molecule has 0 atom stereocenters. The van der Waals surface area contributed by atoms with Gasteiger partial charge in [0.1, 0.15) is 5.58 Å². The molecule has 0 radical (unpaired) electrons. The predicted octanol–water partition coefficient (Wildman–Crippen LogP) is 4.11. The fourth-order valence-corrected chi connectivity index (χ4v) is 3.52. The van der Waals surface area contributed by atoms with Gasteiger partial charge in [0.05, 0.1) is 24.1 Å². The SMILES string of the molecule is Cc1ccnc(C)c1NC(=O)Cc1coc2cc3c(cc12)CCC3. The molecule has 0 fully saturated rings. The minimum absolute atomic E-state index is 0.0441. The van der Waals surface area contributed by atoms with Gasteiger partial charge in [-0.05, 0) is 68.0 Å². The van der Waals surface area contributed by atoms with Gasteiger partial charge in [-0.1, -0.05) is 0 Å². The highest BCUT2D eigenvalue weighted by Gasteiger charge is 2.17. The third-order valence-electron chi connectivity index (χ3n) is 4.83. The molecule has 0 saturated carbocycles. The fraction of sp³-hybridized carbons (Fsp3) is 0.300. The molecule has 2 heterocycles. The lowest BCUT2D eigenvalue weighted by Crippen LogP contribution is -2.16. The van der Waals surface area contributed by atoms with Crippen LogP contribution in [0.1, 0.15) is 34.4 Å². The van der Waals surface area contributed by atoms with Gasteiger partial charge in [0.25, 0.3) is 0 Å². The molecule has 0 spiro atoms. The lowest BCUT2D eigenvalue weighted by atomic mass is 10.0. The Bertz CT molecular complexity index is 920. The second kappa shape index (κ2) is 5.78. The van der Waals surface area contributed by atoms with Crippen molar-refractivity contribution in [2.45, 2.75) is 39.5 Å². The minimum atomic E-state index is -0.0441. The van der Waals surface area contributed by atoms with Crippen molar-refractivity contribution in [1.82, 2.24) is 4.98 Å². The Kier molecular flexibility index (Phi) is 3.60. The number of carbonyl (C=O) groups is 1. The molecule has 1 amide bonds. The highest BCUT2D eigenvalue weighted by molar-refractivity contribution is 5.96. The maximum atomic E-state index is 12.5. The van der Waals surface area contributed by atoms with E-state index in [1.165, 1.54) is 17.5 Å². The zero-order valence-electron chi connectivity index (χ0n) is 14.0. The van der Waals surface area contributed by atoms with Crippen LogP contribution in [0.2, 0.25) is 0 Å². The normalized spacial score (nSPS) is 13.2. The molecular formula is C20H20N2O2. The Morgan fingerprint density at radius 1 is 1.25 bits per heavy atom. The van der Waals surface area contributed by atoms with E-state index < -0.39 is 0 Å². The van der Waals surface area contributed by atoms with E-state index in [9.17, 15) is 4.79 Å². The van der Waals surface area contributed by atoms with Gasteiger partial charge in [-0.3, -0.25) is 9.78 Å². The number of nitrogens with one attached hydrogen (secondary N) is 1. The van der Waals surface area contributed by atoms with Crippen molar-refractivity contribution in [3.8, 4) is 0 Å². The molecule has 4 nitrogen and oxygen atoms in total. The number of pyridine rings is 1. The molecule has 2 aromatic heterocycles. The van der Waals surface area contributed by atoms with Gasteiger partial charge in [0.15, 0.2) is 0 Å². The zero-order valence-corrected chi connectivity index (χ0v) is 14.0. The number of furan rings is 1. The van der Waals surface area contributed by atoms with E-state index in [4.69, 9.17) is 4.42 Å². The maximum Gasteiger partial charge on any atom is 0.228 e. The Balaban J connectivity index is 1.59. The first kappa shape index (κ1) is 14.9. The molecule has 4 heteroatoms. The largest absolute Gasteiger partial charge is 0.464 e. The molecular weight excluding hydrogens is 300 g/mol. The van der Waals surface area contributed by atoms with Crippen LogP contribution < -0.4 is 5.32 Å². The summed E-state index contributed by atoms with van der Waals surface area (Å²) in [7, 11) is 0. The summed E-state index contributed by atoms with van der Waals surface area (Å²) in [6.07, 6.45) is 7.22. The molecule has 0 unspecified atom stereocenters.